The van der Waals surface area contributed by atoms with Gasteiger partial charge in [0.05, 0.1) is 12.2 Å². The summed E-state index contributed by atoms with van der Waals surface area (Å²) in [5.74, 6) is 1.78. The van der Waals surface area contributed by atoms with E-state index < -0.39 is 0 Å². The van der Waals surface area contributed by atoms with Crippen LogP contribution in [0.25, 0.3) is 0 Å². The van der Waals surface area contributed by atoms with Crippen molar-refractivity contribution in [3.63, 3.8) is 0 Å². The smallest absolute Gasteiger partial charge is 0.248 e. The molecule has 29 heavy (non-hydrogen) atoms. The van der Waals surface area contributed by atoms with E-state index in [2.05, 4.69) is 40.7 Å². The number of hydrogen-bond donors (Lipinski definition) is 2. The Hall–Kier alpha value is -2.83. The molecule has 2 heterocycles. The van der Waals surface area contributed by atoms with Crippen molar-refractivity contribution in [2.45, 2.75) is 52.5 Å². The molecule has 0 radical (unpaired) electrons. The fourth-order valence-electron chi connectivity index (χ4n) is 3.65. The molecule has 7 nitrogen and oxygen atoms in total. The predicted octanol–water partition coefficient (Wildman–Crippen LogP) is 3.22. The van der Waals surface area contributed by atoms with Gasteiger partial charge in [-0.05, 0) is 37.8 Å². The van der Waals surface area contributed by atoms with Crippen LogP contribution in [0.5, 0.6) is 0 Å². The third kappa shape index (κ3) is 5.16. The number of hydrogen-bond acceptors (Lipinski definition) is 4. The molecule has 2 aromatic rings. The zero-order valence-corrected chi connectivity index (χ0v) is 17.6. The first kappa shape index (κ1) is 20.9. The third-order valence-corrected chi connectivity index (χ3v) is 5.32. The first-order valence-electron chi connectivity index (χ1n) is 10.5. The lowest BCUT2D eigenvalue weighted by Gasteiger charge is -2.16. The number of nitrogens with zero attached hydrogens (tertiary/aromatic N) is 3. The summed E-state index contributed by atoms with van der Waals surface area (Å²) in [6.07, 6.45) is 2.98. The van der Waals surface area contributed by atoms with Crippen molar-refractivity contribution < 1.29 is 9.32 Å². The highest BCUT2D eigenvalue weighted by Crippen LogP contribution is 2.27. The van der Waals surface area contributed by atoms with Crippen LogP contribution in [-0.2, 0) is 17.8 Å². The highest BCUT2D eigenvalue weighted by atomic mass is 16.5. The number of fused-ring (bicyclic) bond motifs is 1. The Morgan fingerprint density at radius 3 is 2.79 bits per heavy atom. The number of benzene rings is 1. The molecule has 1 amide bonds. The van der Waals surface area contributed by atoms with Gasteiger partial charge >= 0.3 is 0 Å². The summed E-state index contributed by atoms with van der Waals surface area (Å²) in [4.78, 5) is 19.0. The van der Waals surface area contributed by atoms with E-state index in [0.717, 1.165) is 36.4 Å². The molecule has 0 saturated carbocycles. The van der Waals surface area contributed by atoms with Gasteiger partial charge in [-0.15, -0.1) is 0 Å². The number of rotatable bonds is 8. The summed E-state index contributed by atoms with van der Waals surface area (Å²) in [5, 5.41) is 10.6. The van der Waals surface area contributed by atoms with Crippen molar-refractivity contribution in [2.24, 2.45) is 4.99 Å². The van der Waals surface area contributed by atoms with Gasteiger partial charge in [-0.2, -0.15) is 0 Å². The maximum Gasteiger partial charge on any atom is 0.248 e. The van der Waals surface area contributed by atoms with Crippen molar-refractivity contribution in [3.05, 3.63) is 47.3 Å². The van der Waals surface area contributed by atoms with Gasteiger partial charge in [0.2, 0.25) is 5.91 Å². The zero-order valence-electron chi connectivity index (χ0n) is 17.6. The Kier molecular flexibility index (Phi) is 7.27. The number of guanidine groups is 1. The average molecular weight is 398 g/mol. The van der Waals surface area contributed by atoms with Crippen LogP contribution in [0.2, 0.25) is 0 Å². The van der Waals surface area contributed by atoms with Gasteiger partial charge in [-0.1, -0.05) is 37.2 Å². The molecule has 0 saturated heterocycles. The minimum absolute atomic E-state index is 0.00263. The molecule has 2 N–H and O–H groups in total. The predicted molar refractivity (Wildman–Crippen MR) is 115 cm³/mol. The summed E-state index contributed by atoms with van der Waals surface area (Å²) in [7, 11) is 0. The maximum absolute atomic E-state index is 12.7. The van der Waals surface area contributed by atoms with Gasteiger partial charge in [0.1, 0.15) is 6.54 Å². The van der Waals surface area contributed by atoms with Crippen molar-refractivity contribution in [2.75, 3.05) is 24.5 Å². The molecule has 0 atom stereocenters. The molecular formula is C22H31N5O2. The number of aliphatic imine (C=N–C) groups is 1. The first-order chi connectivity index (χ1) is 14.2. The third-order valence-electron chi connectivity index (χ3n) is 5.32. The zero-order chi connectivity index (χ0) is 20.6. The van der Waals surface area contributed by atoms with Crippen LogP contribution in [0.4, 0.5) is 5.69 Å². The van der Waals surface area contributed by atoms with Gasteiger partial charge in [0, 0.05) is 30.8 Å². The summed E-state index contributed by atoms with van der Waals surface area (Å²) in [6, 6.07) is 10.0. The Balaban J connectivity index is 1.58. The van der Waals surface area contributed by atoms with Crippen LogP contribution < -0.4 is 15.5 Å². The highest BCUT2D eigenvalue weighted by molar-refractivity contribution is 5.98. The Bertz CT molecular complexity index is 841. The number of nitrogens with one attached hydrogen (secondary N) is 2. The minimum atomic E-state index is 0.00263. The fourth-order valence-corrected chi connectivity index (χ4v) is 3.65. The number of aromatic nitrogens is 1. The summed E-state index contributed by atoms with van der Waals surface area (Å²) >= 11 is 0. The number of para-hydroxylation sites is 1. The van der Waals surface area contributed by atoms with E-state index in [0.29, 0.717) is 31.5 Å². The minimum Gasteiger partial charge on any atom is -0.359 e. The van der Waals surface area contributed by atoms with Crippen molar-refractivity contribution >= 4 is 17.6 Å². The molecule has 1 aromatic carbocycles. The van der Waals surface area contributed by atoms with Crippen LogP contribution in [0.3, 0.4) is 0 Å². The van der Waals surface area contributed by atoms with Gasteiger partial charge in [-0.25, -0.2) is 4.99 Å². The van der Waals surface area contributed by atoms with E-state index in [1.165, 1.54) is 5.56 Å². The summed E-state index contributed by atoms with van der Waals surface area (Å²) in [6.45, 7) is 8.31. The van der Waals surface area contributed by atoms with Crippen LogP contribution in [0.15, 0.2) is 39.8 Å². The second kappa shape index (κ2) is 10.1. The molecule has 0 spiro atoms. The van der Waals surface area contributed by atoms with Gasteiger partial charge in [0.15, 0.2) is 11.7 Å². The lowest BCUT2D eigenvalue weighted by atomic mass is 9.99. The number of amides is 1. The van der Waals surface area contributed by atoms with Gasteiger partial charge in [0.25, 0.3) is 0 Å². The monoisotopic (exact) mass is 397 g/mol. The largest absolute Gasteiger partial charge is 0.359 e. The van der Waals surface area contributed by atoms with E-state index in [9.17, 15) is 4.79 Å². The van der Waals surface area contributed by atoms with Crippen LogP contribution >= 0.6 is 0 Å². The molecule has 1 aliphatic rings. The van der Waals surface area contributed by atoms with Crippen LogP contribution in [0, 0.1) is 0 Å². The lowest BCUT2D eigenvalue weighted by Crippen LogP contribution is -2.38. The molecule has 3 rings (SSSR count). The quantitative estimate of drug-likeness (QED) is 0.528. The van der Waals surface area contributed by atoms with E-state index in [-0.39, 0.29) is 12.5 Å². The number of anilines is 1. The van der Waals surface area contributed by atoms with Gasteiger partial charge < -0.3 is 20.1 Å². The molecule has 1 aromatic heterocycles. The number of carbonyl (C=O) groups excluding carboxylic acids is 1. The molecule has 0 unspecified atom stereocenters. The standard InChI is InChI=1S/C22H31N5O2/c1-4-16(5-2)19-13-18(29-26-19)14-24-22(23-6-3)25-15-21(28)27-12-11-17-9-7-8-10-20(17)27/h7-10,13,16H,4-6,11-12,14-15H2,1-3H3,(H2,23,24,25). The Morgan fingerprint density at radius 2 is 2.03 bits per heavy atom. The fraction of sp³-hybridized carbons (Fsp3) is 0.500. The van der Waals surface area contributed by atoms with E-state index in [1.807, 2.05) is 36.1 Å². The van der Waals surface area contributed by atoms with Crippen molar-refractivity contribution in [1.29, 1.82) is 0 Å². The molecule has 1 aliphatic heterocycles. The topological polar surface area (TPSA) is 82.8 Å². The normalized spacial score (nSPS) is 13.7. The van der Waals surface area contributed by atoms with Crippen molar-refractivity contribution in [1.82, 2.24) is 15.8 Å². The second-order valence-electron chi connectivity index (χ2n) is 7.20. The SMILES string of the molecule is CCNC(=NCC(=O)N1CCc2ccccc21)NCc1cc(C(CC)CC)no1. The van der Waals surface area contributed by atoms with Gasteiger partial charge in [-0.3, -0.25) is 4.79 Å². The molecule has 156 valence electrons. The first-order valence-corrected chi connectivity index (χ1v) is 10.5. The Morgan fingerprint density at radius 1 is 1.24 bits per heavy atom. The number of carbonyl (C=O) groups is 1. The van der Waals surface area contributed by atoms with Crippen molar-refractivity contribution in [3.8, 4) is 0 Å². The Labute approximate surface area is 172 Å². The van der Waals surface area contributed by atoms with E-state index >= 15 is 0 Å². The summed E-state index contributed by atoms with van der Waals surface area (Å²) in [5.41, 5.74) is 3.21. The maximum atomic E-state index is 12.7. The molecule has 0 bridgehead atoms. The molecular weight excluding hydrogens is 366 g/mol. The van der Waals surface area contributed by atoms with Crippen LogP contribution in [-0.4, -0.2) is 36.7 Å². The molecule has 0 aliphatic carbocycles. The highest BCUT2D eigenvalue weighted by Gasteiger charge is 2.23. The molecule has 7 heteroatoms. The summed E-state index contributed by atoms with van der Waals surface area (Å²) < 4.78 is 5.45. The second-order valence-corrected chi connectivity index (χ2v) is 7.20. The van der Waals surface area contributed by atoms with E-state index in [4.69, 9.17) is 4.52 Å². The average Bonchev–Trinajstić information content (AvgIpc) is 3.38. The lowest BCUT2D eigenvalue weighted by molar-refractivity contribution is -0.117. The molecule has 0 fully saturated rings. The van der Waals surface area contributed by atoms with E-state index in [1.54, 1.807) is 0 Å². The van der Waals surface area contributed by atoms with Crippen LogP contribution in [0.1, 0.15) is 56.5 Å².